The molecule has 0 amide bonds. The van der Waals surface area contributed by atoms with Gasteiger partial charge in [0.25, 0.3) is 5.90 Å². The molecule has 0 unspecified atom stereocenters. The molecule has 0 bridgehead atoms. The minimum Gasteiger partial charge on any atom is -0.503 e. The maximum atomic E-state index is 12.3. The lowest BCUT2D eigenvalue weighted by Gasteiger charge is -2.11. The fourth-order valence-corrected chi connectivity index (χ4v) is 2.38. The fourth-order valence-electron chi connectivity index (χ4n) is 2.38. The Labute approximate surface area is 151 Å². The van der Waals surface area contributed by atoms with E-state index in [1.807, 2.05) is 6.07 Å². The van der Waals surface area contributed by atoms with E-state index in [1.165, 1.54) is 6.92 Å². The van der Waals surface area contributed by atoms with Crippen LogP contribution >= 0.6 is 0 Å². The molecule has 1 heterocycles. The molecule has 0 fully saturated rings. The molecule has 1 aromatic carbocycles. The van der Waals surface area contributed by atoms with Crippen LogP contribution in [0.1, 0.15) is 32.8 Å². The van der Waals surface area contributed by atoms with E-state index in [4.69, 9.17) is 14.2 Å². The van der Waals surface area contributed by atoms with Crippen LogP contribution in [-0.4, -0.2) is 36.2 Å². The summed E-state index contributed by atoms with van der Waals surface area (Å²) in [5.41, 5.74) is 0.871. The van der Waals surface area contributed by atoms with Gasteiger partial charge < -0.3 is 19.3 Å². The Morgan fingerprint density at radius 1 is 1.15 bits per heavy atom. The Bertz CT molecular complexity index is 776. The highest BCUT2D eigenvalue weighted by Gasteiger charge is 2.29. The molecule has 0 aliphatic carbocycles. The lowest BCUT2D eigenvalue weighted by atomic mass is 10.1. The van der Waals surface area contributed by atoms with Crippen LogP contribution in [0.5, 0.6) is 0 Å². The number of aliphatic hydroxyl groups is 1. The summed E-state index contributed by atoms with van der Waals surface area (Å²) < 4.78 is 15.7. The van der Waals surface area contributed by atoms with Gasteiger partial charge in [0.15, 0.2) is 5.76 Å². The van der Waals surface area contributed by atoms with Gasteiger partial charge in [-0.1, -0.05) is 30.3 Å². The lowest BCUT2D eigenvalue weighted by molar-refractivity contribution is -0.140. The number of aliphatic imine (C=N–C) groups is 1. The minimum atomic E-state index is -0.726. The molecule has 0 atom stereocenters. The van der Waals surface area contributed by atoms with Gasteiger partial charge in [-0.05, 0) is 13.8 Å². The molecule has 1 aromatic rings. The number of allylic oxidation sites excluding steroid dienone is 1. The van der Waals surface area contributed by atoms with E-state index in [9.17, 15) is 14.7 Å². The van der Waals surface area contributed by atoms with E-state index in [2.05, 4.69) is 4.99 Å². The molecular weight excluding hydrogens is 338 g/mol. The highest BCUT2D eigenvalue weighted by molar-refractivity contribution is 6.04. The second-order valence-electron chi connectivity index (χ2n) is 5.31. The van der Waals surface area contributed by atoms with E-state index in [0.717, 1.165) is 0 Å². The van der Waals surface area contributed by atoms with E-state index in [-0.39, 0.29) is 36.9 Å². The zero-order valence-electron chi connectivity index (χ0n) is 14.9. The molecule has 138 valence electrons. The average molecular weight is 359 g/mol. The normalized spacial score (nSPS) is 14.5. The molecule has 0 spiro atoms. The summed E-state index contributed by atoms with van der Waals surface area (Å²) in [5.74, 6) is -1.71. The first-order chi connectivity index (χ1) is 12.5. The molecule has 0 aromatic heterocycles. The van der Waals surface area contributed by atoms with Crippen LogP contribution < -0.4 is 0 Å². The summed E-state index contributed by atoms with van der Waals surface area (Å²) in [7, 11) is 0. The standard InChI is InChI=1S/C19H21NO6/c1-4-24-18-17(22)14(19(23)25-5-2)11-15(26-12(3)21)16(20-18)13-9-7-6-8-10-13/h6-10,22H,4-5,11H2,1-3H3. The summed E-state index contributed by atoms with van der Waals surface area (Å²) in [4.78, 5) is 28.2. The second-order valence-corrected chi connectivity index (χ2v) is 5.31. The fraction of sp³-hybridized carbons (Fsp3) is 0.316. The largest absolute Gasteiger partial charge is 0.503 e. The minimum absolute atomic E-state index is 0.0822. The smallest absolute Gasteiger partial charge is 0.338 e. The van der Waals surface area contributed by atoms with Crippen LogP contribution in [0.3, 0.4) is 0 Å². The summed E-state index contributed by atoms with van der Waals surface area (Å²) in [6.07, 6.45) is -0.158. The number of esters is 2. The van der Waals surface area contributed by atoms with Crippen LogP contribution in [0, 0.1) is 0 Å². The predicted octanol–water partition coefficient (Wildman–Crippen LogP) is 3.13. The van der Waals surface area contributed by atoms with Crippen molar-refractivity contribution in [1.82, 2.24) is 0 Å². The maximum Gasteiger partial charge on any atom is 0.338 e. The predicted molar refractivity (Wildman–Crippen MR) is 95.1 cm³/mol. The third kappa shape index (κ3) is 4.50. The number of rotatable bonds is 5. The number of carbonyl (C=O) groups excluding carboxylic acids is 2. The van der Waals surface area contributed by atoms with E-state index in [1.54, 1.807) is 38.1 Å². The van der Waals surface area contributed by atoms with Crippen molar-refractivity contribution in [2.24, 2.45) is 4.99 Å². The quantitative estimate of drug-likeness (QED) is 0.812. The summed E-state index contributed by atoms with van der Waals surface area (Å²) in [6.45, 7) is 4.99. The number of nitrogens with zero attached hydrogens (tertiary/aromatic N) is 1. The number of ether oxygens (including phenoxy) is 3. The maximum absolute atomic E-state index is 12.3. The molecule has 1 N–H and O–H groups in total. The molecule has 2 rings (SSSR count). The Hall–Kier alpha value is -3.09. The Morgan fingerprint density at radius 2 is 1.85 bits per heavy atom. The molecule has 7 heteroatoms. The Morgan fingerprint density at radius 3 is 2.42 bits per heavy atom. The number of hydrogen-bond donors (Lipinski definition) is 1. The number of carbonyl (C=O) groups is 2. The van der Waals surface area contributed by atoms with Crippen LogP contribution in [0.15, 0.2) is 52.4 Å². The van der Waals surface area contributed by atoms with Gasteiger partial charge in [-0.25, -0.2) is 9.79 Å². The van der Waals surface area contributed by atoms with Crippen molar-refractivity contribution < 1.29 is 28.9 Å². The highest BCUT2D eigenvalue weighted by Crippen LogP contribution is 2.31. The van der Waals surface area contributed by atoms with Gasteiger partial charge in [-0.3, -0.25) is 4.79 Å². The van der Waals surface area contributed by atoms with Crippen molar-refractivity contribution in [3.63, 3.8) is 0 Å². The molecule has 7 nitrogen and oxygen atoms in total. The van der Waals surface area contributed by atoms with E-state index < -0.39 is 17.7 Å². The highest BCUT2D eigenvalue weighted by atomic mass is 16.5. The first kappa shape index (κ1) is 19.2. The molecule has 0 saturated heterocycles. The van der Waals surface area contributed by atoms with Gasteiger partial charge in [0.05, 0.1) is 18.8 Å². The van der Waals surface area contributed by atoms with Crippen molar-refractivity contribution >= 4 is 23.5 Å². The Kier molecular flexibility index (Phi) is 6.54. The summed E-state index contributed by atoms with van der Waals surface area (Å²) in [6, 6.07) is 8.98. The average Bonchev–Trinajstić information content (AvgIpc) is 2.74. The number of hydrogen-bond acceptors (Lipinski definition) is 7. The van der Waals surface area contributed by atoms with Crippen molar-refractivity contribution in [1.29, 1.82) is 0 Å². The van der Waals surface area contributed by atoms with Crippen LogP contribution in [0.2, 0.25) is 0 Å². The molecule has 0 saturated carbocycles. The number of aliphatic hydroxyl groups excluding tert-OH is 1. The molecular formula is C19H21NO6. The third-order valence-corrected chi connectivity index (χ3v) is 3.42. The SMILES string of the molecule is CCOC(=O)C1=C(O)C(OCC)=NC(c2ccccc2)=C(OC(C)=O)C1. The second kappa shape index (κ2) is 8.84. The first-order valence-corrected chi connectivity index (χ1v) is 8.25. The van der Waals surface area contributed by atoms with E-state index >= 15 is 0 Å². The zero-order valence-corrected chi connectivity index (χ0v) is 14.9. The number of benzene rings is 1. The van der Waals surface area contributed by atoms with Crippen LogP contribution in [0.4, 0.5) is 0 Å². The monoisotopic (exact) mass is 359 g/mol. The van der Waals surface area contributed by atoms with Crippen LogP contribution in [-0.2, 0) is 23.8 Å². The van der Waals surface area contributed by atoms with Gasteiger partial charge in [-0.15, -0.1) is 0 Å². The van der Waals surface area contributed by atoms with Gasteiger partial charge in [-0.2, -0.15) is 0 Å². The zero-order chi connectivity index (χ0) is 19.1. The van der Waals surface area contributed by atoms with Crippen molar-refractivity contribution in [3.05, 3.63) is 53.0 Å². The van der Waals surface area contributed by atoms with Crippen molar-refractivity contribution in [2.45, 2.75) is 27.2 Å². The molecule has 1 aliphatic rings. The van der Waals surface area contributed by atoms with Crippen LogP contribution in [0.25, 0.3) is 5.70 Å². The molecule has 0 radical (unpaired) electrons. The molecule has 1 aliphatic heterocycles. The summed E-state index contributed by atoms with van der Waals surface area (Å²) >= 11 is 0. The van der Waals surface area contributed by atoms with Crippen molar-refractivity contribution in [3.8, 4) is 0 Å². The summed E-state index contributed by atoms with van der Waals surface area (Å²) in [5, 5.41) is 10.5. The van der Waals surface area contributed by atoms with Gasteiger partial charge in [0.2, 0.25) is 0 Å². The topological polar surface area (TPSA) is 94.4 Å². The van der Waals surface area contributed by atoms with E-state index in [0.29, 0.717) is 11.3 Å². The Balaban J connectivity index is 2.65. The third-order valence-electron chi connectivity index (χ3n) is 3.42. The van der Waals surface area contributed by atoms with Gasteiger partial charge in [0, 0.05) is 18.9 Å². The molecule has 26 heavy (non-hydrogen) atoms. The van der Waals surface area contributed by atoms with Gasteiger partial charge >= 0.3 is 11.9 Å². The van der Waals surface area contributed by atoms with Gasteiger partial charge in [0.1, 0.15) is 11.5 Å². The first-order valence-electron chi connectivity index (χ1n) is 8.25. The van der Waals surface area contributed by atoms with Crippen molar-refractivity contribution in [2.75, 3.05) is 13.2 Å². The lowest BCUT2D eigenvalue weighted by Crippen LogP contribution is -2.16.